The molecule has 0 unspecified atom stereocenters. The largest absolute Gasteiger partial charge is 0.355 e. The summed E-state index contributed by atoms with van der Waals surface area (Å²) in [6, 6.07) is 4.11. The standard InChI is InChI=1S/C10H11BrN2O/c1-6-8-4-7(2-3-12)5-9(11)10(8)14-13-6/h4-5H,2-3,12H2,1H3. The highest BCUT2D eigenvalue weighted by Gasteiger charge is 2.09. The van der Waals surface area contributed by atoms with Gasteiger partial charge in [-0.3, -0.25) is 0 Å². The van der Waals surface area contributed by atoms with E-state index in [0.717, 1.165) is 27.6 Å². The summed E-state index contributed by atoms with van der Waals surface area (Å²) in [4.78, 5) is 0. The molecule has 14 heavy (non-hydrogen) atoms. The number of hydrogen-bond donors (Lipinski definition) is 1. The Morgan fingerprint density at radius 3 is 3.00 bits per heavy atom. The molecule has 1 aromatic heterocycles. The lowest BCUT2D eigenvalue weighted by Crippen LogP contribution is -2.02. The number of aryl methyl sites for hydroxylation is 1. The zero-order chi connectivity index (χ0) is 10.1. The zero-order valence-electron chi connectivity index (χ0n) is 7.88. The van der Waals surface area contributed by atoms with Crippen molar-refractivity contribution in [2.24, 2.45) is 5.73 Å². The van der Waals surface area contributed by atoms with Gasteiger partial charge in [0.15, 0.2) is 5.58 Å². The summed E-state index contributed by atoms with van der Waals surface area (Å²) in [6.45, 7) is 2.59. The first kappa shape index (κ1) is 9.68. The Balaban J connectivity index is 2.63. The molecular formula is C10H11BrN2O. The van der Waals surface area contributed by atoms with Crippen LogP contribution in [0.5, 0.6) is 0 Å². The van der Waals surface area contributed by atoms with Gasteiger partial charge in [0.05, 0.1) is 10.2 Å². The first-order chi connectivity index (χ1) is 6.72. The van der Waals surface area contributed by atoms with E-state index in [9.17, 15) is 0 Å². The van der Waals surface area contributed by atoms with Crippen LogP contribution in [0, 0.1) is 6.92 Å². The lowest BCUT2D eigenvalue weighted by molar-refractivity contribution is 0.449. The van der Waals surface area contributed by atoms with E-state index in [1.807, 2.05) is 13.0 Å². The average molecular weight is 255 g/mol. The highest BCUT2D eigenvalue weighted by atomic mass is 79.9. The molecule has 0 aliphatic heterocycles. The first-order valence-electron chi connectivity index (χ1n) is 4.47. The van der Waals surface area contributed by atoms with Crippen LogP contribution in [0.2, 0.25) is 0 Å². The van der Waals surface area contributed by atoms with E-state index in [0.29, 0.717) is 6.54 Å². The highest BCUT2D eigenvalue weighted by Crippen LogP contribution is 2.27. The fraction of sp³-hybridized carbons (Fsp3) is 0.300. The van der Waals surface area contributed by atoms with Crippen LogP contribution in [0.15, 0.2) is 21.1 Å². The van der Waals surface area contributed by atoms with E-state index >= 15 is 0 Å². The Hall–Kier alpha value is -0.870. The smallest absolute Gasteiger partial charge is 0.181 e. The van der Waals surface area contributed by atoms with Crippen molar-refractivity contribution in [3.05, 3.63) is 27.9 Å². The molecular weight excluding hydrogens is 244 g/mol. The normalized spacial score (nSPS) is 11.1. The van der Waals surface area contributed by atoms with Gasteiger partial charge < -0.3 is 10.3 Å². The second-order valence-corrected chi connectivity index (χ2v) is 4.12. The maximum atomic E-state index is 5.51. The average Bonchev–Trinajstić information content (AvgIpc) is 2.49. The van der Waals surface area contributed by atoms with Gasteiger partial charge in [-0.05, 0) is 53.5 Å². The van der Waals surface area contributed by atoms with Crippen LogP contribution in [0.4, 0.5) is 0 Å². The lowest BCUT2D eigenvalue weighted by Gasteiger charge is -2.00. The van der Waals surface area contributed by atoms with E-state index in [1.165, 1.54) is 5.56 Å². The number of benzene rings is 1. The van der Waals surface area contributed by atoms with Gasteiger partial charge in [-0.1, -0.05) is 5.16 Å². The molecule has 1 aromatic carbocycles. The summed E-state index contributed by atoms with van der Waals surface area (Å²) in [7, 11) is 0. The Morgan fingerprint density at radius 2 is 2.29 bits per heavy atom. The van der Waals surface area contributed by atoms with Crippen molar-refractivity contribution in [3.63, 3.8) is 0 Å². The van der Waals surface area contributed by atoms with Gasteiger partial charge in [-0.2, -0.15) is 0 Å². The van der Waals surface area contributed by atoms with Gasteiger partial charge >= 0.3 is 0 Å². The molecule has 1 heterocycles. The summed E-state index contributed by atoms with van der Waals surface area (Å²) in [5.41, 5.74) is 8.45. The van der Waals surface area contributed by atoms with Crippen molar-refractivity contribution in [2.75, 3.05) is 6.54 Å². The number of fused-ring (bicyclic) bond motifs is 1. The number of hydrogen-bond acceptors (Lipinski definition) is 3. The second-order valence-electron chi connectivity index (χ2n) is 3.26. The van der Waals surface area contributed by atoms with Crippen molar-refractivity contribution < 1.29 is 4.52 Å². The minimum Gasteiger partial charge on any atom is -0.355 e. The molecule has 0 spiro atoms. The predicted octanol–water partition coefficient (Wildman–Crippen LogP) is 2.40. The third-order valence-corrected chi connectivity index (χ3v) is 2.79. The molecule has 2 aromatic rings. The van der Waals surface area contributed by atoms with Crippen LogP contribution in [0.1, 0.15) is 11.3 Å². The quantitative estimate of drug-likeness (QED) is 0.896. The lowest BCUT2D eigenvalue weighted by atomic mass is 10.1. The monoisotopic (exact) mass is 254 g/mol. The fourth-order valence-electron chi connectivity index (χ4n) is 1.49. The molecule has 3 nitrogen and oxygen atoms in total. The Kier molecular flexibility index (Phi) is 2.56. The number of halogens is 1. The molecule has 0 radical (unpaired) electrons. The molecule has 0 saturated carbocycles. The molecule has 4 heteroatoms. The number of aromatic nitrogens is 1. The first-order valence-corrected chi connectivity index (χ1v) is 5.26. The SMILES string of the molecule is Cc1noc2c(Br)cc(CCN)cc12. The molecule has 0 saturated heterocycles. The minimum atomic E-state index is 0.655. The predicted molar refractivity (Wildman–Crippen MR) is 59.2 cm³/mol. The molecule has 0 aliphatic carbocycles. The van der Waals surface area contributed by atoms with Crippen LogP contribution in [0.25, 0.3) is 11.0 Å². The molecule has 0 aliphatic rings. The van der Waals surface area contributed by atoms with Crippen molar-refractivity contribution in [1.29, 1.82) is 0 Å². The van der Waals surface area contributed by atoms with Crippen molar-refractivity contribution in [3.8, 4) is 0 Å². The fourth-order valence-corrected chi connectivity index (χ4v) is 2.07. The van der Waals surface area contributed by atoms with Crippen LogP contribution in [-0.2, 0) is 6.42 Å². The highest BCUT2D eigenvalue weighted by molar-refractivity contribution is 9.10. The zero-order valence-corrected chi connectivity index (χ0v) is 9.47. The third kappa shape index (κ3) is 1.55. The summed E-state index contributed by atoms with van der Waals surface area (Å²) in [5.74, 6) is 0. The summed E-state index contributed by atoms with van der Waals surface area (Å²) in [6.07, 6.45) is 0.874. The van der Waals surface area contributed by atoms with Gasteiger partial charge in [-0.25, -0.2) is 0 Å². The number of rotatable bonds is 2. The van der Waals surface area contributed by atoms with E-state index in [1.54, 1.807) is 0 Å². The Morgan fingerprint density at radius 1 is 1.50 bits per heavy atom. The minimum absolute atomic E-state index is 0.655. The van der Waals surface area contributed by atoms with Crippen LogP contribution in [0.3, 0.4) is 0 Å². The molecule has 74 valence electrons. The van der Waals surface area contributed by atoms with Gasteiger partial charge in [0.2, 0.25) is 0 Å². The van der Waals surface area contributed by atoms with Crippen LogP contribution >= 0.6 is 15.9 Å². The molecule has 2 rings (SSSR count). The van der Waals surface area contributed by atoms with E-state index < -0.39 is 0 Å². The molecule has 0 amide bonds. The van der Waals surface area contributed by atoms with Crippen molar-refractivity contribution >= 4 is 26.9 Å². The summed E-state index contributed by atoms with van der Waals surface area (Å²) >= 11 is 3.46. The van der Waals surface area contributed by atoms with Crippen LogP contribution in [-0.4, -0.2) is 11.7 Å². The van der Waals surface area contributed by atoms with Crippen LogP contribution < -0.4 is 5.73 Å². The van der Waals surface area contributed by atoms with Gasteiger partial charge in [0, 0.05) is 5.39 Å². The van der Waals surface area contributed by atoms with E-state index in [4.69, 9.17) is 10.3 Å². The molecule has 2 N–H and O–H groups in total. The van der Waals surface area contributed by atoms with Gasteiger partial charge in [-0.15, -0.1) is 0 Å². The van der Waals surface area contributed by atoms with Crippen molar-refractivity contribution in [1.82, 2.24) is 5.16 Å². The van der Waals surface area contributed by atoms with Gasteiger partial charge in [0.25, 0.3) is 0 Å². The Bertz CT molecular complexity index is 464. The molecule has 0 atom stereocenters. The second kappa shape index (κ2) is 3.71. The summed E-state index contributed by atoms with van der Waals surface area (Å²) < 4.78 is 6.13. The van der Waals surface area contributed by atoms with E-state index in [2.05, 4.69) is 27.2 Å². The van der Waals surface area contributed by atoms with Crippen molar-refractivity contribution in [2.45, 2.75) is 13.3 Å². The molecule has 0 fully saturated rings. The topological polar surface area (TPSA) is 52.0 Å². The number of nitrogens with two attached hydrogens (primary N) is 1. The van der Waals surface area contributed by atoms with Gasteiger partial charge in [0.1, 0.15) is 0 Å². The number of nitrogens with zero attached hydrogens (tertiary/aromatic N) is 1. The summed E-state index contributed by atoms with van der Waals surface area (Å²) in [5, 5.41) is 4.98. The molecule has 0 bridgehead atoms. The maximum Gasteiger partial charge on any atom is 0.181 e. The maximum absolute atomic E-state index is 5.51. The Labute approximate surface area is 90.4 Å². The third-order valence-electron chi connectivity index (χ3n) is 2.20. The van der Waals surface area contributed by atoms with E-state index in [-0.39, 0.29) is 0 Å².